The Kier molecular flexibility index (Phi) is 7.08. The molecule has 2 aliphatic carbocycles. The van der Waals surface area contributed by atoms with Crippen LogP contribution in [0.15, 0.2) is 0 Å². The highest BCUT2D eigenvalue weighted by atomic mass is 16.4. The molecule has 2 unspecified atom stereocenters. The Hall–Kier alpha value is -0.400. The summed E-state index contributed by atoms with van der Waals surface area (Å²) in [5.41, 5.74) is 0. The molecule has 2 saturated carbocycles. The number of aliphatic hydroxyl groups is 10. The molecule has 0 aromatic rings. The number of hydrogen-bond acceptors (Lipinski definition) is 10. The van der Waals surface area contributed by atoms with Crippen LogP contribution in [0.25, 0.3) is 0 Å². The number of rotatable bonds is 0. The maximum Gasteiger partial charge on any atom is 0.111 e. The lowest BCUT2D eigenvalue weighted by atomic mass is 9.87. The largest absolute Gasteiger partial charge is 0.390 e. The summed E-state index contributed by atoms with van der Waals surface area (Å²) in [5.74, 6) is 0. The molecule has 0 heterocycles. The third-order valence-electron chi connectivity index (χ3n) is 3.94. The average Bonchev–Trinajstić information content (AvgIpc) is 2.47. The van der Waals surface area contributed by atoms with Gasteiger partial charge in [-0.2, -0.15) is 0 Å². The highest BCUT2D eigenvalue weighted by Crippen LogP contribution is 2.21. The van der Waals surface area contributed by atoms with Gasteiger partial charge in [0.25, 0.3) is 0 Å². The van der Waals surface area contributed by atoms with E-state index in [1.165, 1.54) is 0 Å². The SMILES string of the molecule is OC1[C@@H](O)[C@@H](O)C[C@H](O)[C@H]1O.OC1[C@@H](O)[C@H](O)C[C@@H](O)[C@H]1O. The molecule has 22 heavy (non-hydrogen) atoms. The van der Waals surface area contributed by atoms with Crippen LogP contribution >= 0.6 is 0 Å². The number of aliphatic hydroxyl groups excluding tert-OH is 10. The lowest BCUT2D eigenvalue weighted by Crippen LogP contribution is -2.55. The van der Waals surface area contributed by atoms with E-state index in [0.29, 0.717) is 0 Å². The molecular formula is C12H24O10. The van der Waals surface area contributed by atoms with Crippen LogP contribution in [-0.4, -0.2) is 112 Å². The molecule has 0 radical (unpaired) electrons. The fraction of sp³-hybridized carbons (Fsp3) is 1.00. The van der Waals surface area contributed by atoms with Gasteiger partial charge in [-0.15, -0.1) is 0 Å². The smallest absolute Gasteiger partial charge is 0.111 e. The second-order valence-electron chi connectivity index (χ2n) is 5.68. The first-order chi connectivity index (χ1) is 10.1. The maximum atomic E-state index is 8.97. The molecule has 2 aliphatic rings. The lowest BCUT2D eigenvalue weighted by Gasteiger charge is -2.35. The Morgan fingerprint density at radius 3 is 0.682 bits per heavy atom. The summed E-state index contributed by atoms with van der Waals surface area (Å²) in [6.07, 6.45) is -13.3. The zero-order valence-electron chi connectivity index (χ0n) is 11.7. The van der Waals surface area contributed by atoms with Crippen molar-refractivity contribution in [2.45, 2.75) is 73.9 Å². The zero-order valence-corrected chi connectivity index (χ0v) is 11.7. The van der Waals surface area contributed by atoms with E-state index in [-0.39, 0.29) is 12.8 Å². The van der Waals surface area contributed by atoms with E-state index in [4.69, 9.17) is 51.1 Å². The van der Waals surface area contributed by atoms with E-state index in [1.54, 1.807) is 0 Å². The summed E-state index contributed by atoms with van der Waals surface area (Å²) < 4.78 is 0. The van der Waals surface area contributed by atoms with Crippen molar-refractivity contribution in [1.29, 1.82) is 0 Å². The van der Waals surface area contributed by atoms with Gasteiger partial charge in [-0.3, -0.25) is 0 Å². The highest BCUT2D eigenvalue weighted by Gasteiger charge is 2.41. The molecule has 0 saturated heterocycles. The van der Waals surface area contributed by atoms with Gasteiger partial charge in [-0.1, -0.05) is 0 Å². The van der Waals surface area contributed by atoms with E-state index in [1.807, 2.05) is 0 Å². The third-order valence-corrected chi connectivity index (χ3v) is 3.94. The second kappa shape index (κ2) is 7.93. The minimum Gasteiger partial charge on any atom is -0.390 e. The van der Waals surface area contributed by atoms with E-state index in [0.717, 1.165) is 0 Å². The van der Waals surface area contributed by atoms with Gasteiger partial charge in [0, 0.05) is 12.8 Å². The van der Waals surface area contributed by atoms with Crippen molar-refractivity contribution in [3.8, 4) is 0 Å². The fourth-order valence-corrected chi connectivity index (χ4v) is 2.37. The van der Waals surface area contributed by atoms with E-state index in [2.05, 4.69) is 0 Å². The molecule has 0 spiro atoms. The Labute approximate surface area is 126 Å². The molecule has 132 valence electrons. The van der Waals surface area contributed by atoms with Crippen LogP contribution in [0.5, 0.6) is 0 Å². The Morgan fingerprint density at radius 1 is 0.318 bits per heavy atom. The van der Waals surface area contributed by atoms with Crippen molar-refractivity contribution >= 4 is 0 Å². The summed E-state index contributed by atoms with van der Waals surface area (Å²) in [5, 5.41) is 89.6. The number of hydrogen-bond donors (Lipinski definition) is 10. The van der Waals surface area contributed by atoms with Crippen LogP contribution in [0.1, 0.15) is 12.8 Å². The van der Waals surface area contributed by atoms with Crippen molar-refractivity contribution < 1.29 is 51.1 Å². The summed E-state index contributed by atoms with van der Waals surface area (Å²) >= 11 is 0. The molecule has 0 aromatic carbocycles. The van der Waals surface area contributed by atoms with Crippen LogP contribution in [0.4, 0.5) is 0 Å². The van der Waals surface area contributed by atoms with Gasteiger partial charge in [0.15, 0.2) is 0 Å². The van der Waals surface area contributed by atoms with Crippen LogP contribution in [-0.2, 0) is 0 Å². The van der Waals surface area contributed by atoms with Crippen LogP contribution in [0.3, 0.4) is 0 Å². The fourth-order valence-electron chi connectivity index (χ4n) is 2.37. The van der Waals surface area contributed by atoms with E-state index < -0.39 is 61.0 Å². The molecule has 10 heteroatoms. The van der Waals surface area contributed by atoms with Gasteiger partial charge in [0.05, 0.1) is 24.4 Å². The molecule has 0 bridgehead atoms. The predicted octanol–water partition coefficient (Wildman–Crippen LogP) is -5.61. The van der Waals surface area contributed by atoms with Crippen molar-refractivity contribution in [1.82, 2.24) is 0 Å². The topological polar surface area (TPSA) is 202 Å². The molecule has 10 N–H and O–H groups in total. The van der Waals surface area contributed by atoms with Gasteiger partial charge in [0.1, 0.15) is 36.6 Å². The average molecular weight is 328 g/mol. The Morgan fingerprint density at radius 2 is 0.500 bits per heavy atom. The third kappa shape index (κ3) is 4.32. The summed E-state index contributed by atoms with van der Waals surface area (Å²) in [7, 11) is 0. The maximum absolute atomic E-state index is 8.97. The molecule has 10 nitrogen and oxygen atoms in total. The molecule has 0 amide bonds. The van der Waals surface area contributed by atoms with E-state index in [9.17, 15) is 0 Å². The minimum atomic E-state index is -1.46. The molecule has 2 fully saturated rings. The van der Waals surface area contributed by atoms with Crippen molar-refractivity contribution in [2.24, 2.45) is 0 Å². The van der Waals surface area contributed by atoms with Crippen LogP contribution < -0.4 is 0 Å². The first-order valence-corrected chi connectivity index (χ1v) is 6.88. The van der Waals surface area contributed by atoms with Crippen molar-refractivity contribution in [2.75, 3.05) is 0 Å². The summed E-state index contributed by atoms with van der Waals surface area (Å²) in [6, 6.07) is 0. The van der Waals surface area contributed by atoms with Gasteiger partial charge >= 0.3 is 0 Å². The summed E-state index contributed by atoms with van der Waals surface area (Å²) in [4.78, 5) is 0. The first-order valence-electron chi connectivity index (χ1n) is 6.88. The second-order valence-corrected chi connectivity index (χ2v) is 5.68. The first kappa shape index (κ1) is 19.6. The standard InChI is InChI=1S/2C6H12O5/c2*7-2-1-3(8)5(10)6(11)4(2)9/h2*2-11H,1H2/t2*2-,3-,4-,5+,6?/m10/s1. The van der Waals surface area contributed by atoms with Crippen molar-refractivity contribution in [3.05, 3.63) is 0 Å². The monoisotopic (exact) mass is 328 g/mol. The predicted molar refractivity (Wildman–Crippen MR) is 69.3 cm³/mol. The summed E-state index contributed by atoms with van der Waals surface area (Å²) in [6.45, 7) is 0. The van der Waals surface area contributed by atoms with Crippen LogP contribution in [0.2, 0.25) is 0 Å². The quantitative estimate of drug-likeness (QED) is 0.204. The molecule has 10 atom stereocenters. The lowest BCUT2D eigenvalue weighted by molar-refractivity contribution is -0.176. The molecule has 0 aliphatic heterocycles. The normalized spacial score (nSPS) is 52.6. The van der Waals surface area contributed by atoms with Gasteiger partial charge in [-0.05, 0) is 0 Å². The Bertz CT molecular complexity index is 282. The van der Waals surface area contributed by atoms with E-state index >= 15 is 0 Å². The minimum absolute atomic E-state index is 0.112. The van der Waals surface area contributed by atoms with Crippen LogP contribution in [0, 0.1) is 0 Å². The Balaban J connectivity index is 0.000000220. The molecule has 0 aromatic heterocycles. The van der Waals surface area contributed by atoms with Crippen molar-refractivity contribution in [3.63, 3.8) is 0 Å². The zero-order chi connectivity index (χ0) is 17.2. The highest BCUT2D eigenvalue weighted by molar-refractivity contribution is 4.93. The molecular weight excluding hydrogens is 304 g/mol. The molecule has 2 rings (SSSR count). The van der Waals surface area contributed by atoms with Gasteiger partial charge in [-0.25, -0.2) is 0 Å². The van der Waals surface area contributed by atoms with Gasteiger partial charge in [0.2, 0.25) is 0 Å². The van der Waals surface area contributed by atoms with Gasteiger partial charge < -0.3 is 51.1 Å².